The fraction of sp³-hybridized carbons (Fsp3) is 0.718. The van der Waals surface area contributed by atoms with Gasteiger partial charge in [0.1, 0.15) is 5.75 Å². The molecule has 0 spiro atoms. The van der Waals surface area contributed by atoms with Crippen LogP contribution in [0.1, 0.15) is 118 Å². The molecule has 5 rings (SSSR count). The monoisotopic (exact) mass is 589 g/mol. The number of rotatable bonds is 10. The van der Waals surface area contributed by atoms with Crippen LogP contribution in [0.5, 0.6) is 11.5 Å². The number of carboxylic acid groups (broad SMARTS) is 1. The standard InChI is InChI=1S/C39H58O4/c1-8-26(24(2)3)10-9-25(4)32-14-15-33-30-13-12-29-21-28(17-19-38(29,5)34(30)18-20-39(32,33)6)31(23-37(41)42)27-11-16-35(40)36(22-27)43-7/h11-12,16,22-26,28,30,32-34,40H,8-10,13-15,17-21H2,1-7H3,(H,41,42)/p-1/b31-23-/t25-,26+,28+,30+,32-,33+,34+,38+,39-/m1/s1. The topological polar surface area (TPSA) is 69.6 Å². The van der Waals surface area contributed by atoms with Gasteiger partial charge in [0.05, 0.1) is 7.11 Å². The smallest absolute Gasteiger partial charge is 0.328 e. The predicted molar refractivity (Wildman–Crippen MR) is 174 cm³/mol. The van der Waals surface area contributed by atoms with Gasteiger partial charge in [-0.1, -0.05) is 83.9 Å². The summed E-state index contributed by atoms with van der Waals surface area (Å²) in [7, 11) is 1.49. The third-order valence-electron chi connectivity index (χ3n) is 13.5. The summed E-state index contributed by atoms with van der Waals surface area (Å²) in [6, 6.07) is 4.99. The minimum atomic E-state index is -0.933. The van der Waals surface area contributed by atoms with Crippen LogP contribution >= 0.6 is 0 Å². The van der Waals surface area contributed by atoms with Crippen LogP contribution in [0.4, 0.5) is 0 Å². The highest BCUT2D eigenvalue weighted by Crippen LogP contribution is 2.68. The number of hydrogen-bond donors (Lipinski definition) is 1. The van der Waals surface area contributed by atoms with Gasteiger partial charge in [-0.05, 0) is 133 Å². The molecule has 4 heteroatoms. The van der Waals surface area contributed by atoms with Crippen LogP contribution in [0.15, 0.2) is 35.9 Å². The van der Waals surface area contributed by atoms with E-state index in [4.69, 9.17) is 4.74 Å². The molecule has 1 aromatic carbocycles. The van der Waals surface area contributed by atoms with Crippen LogP contribution in [0, 0.1) is 58.2 Å². The first-order valence-electron chi connectivity index (χ1n) is 17.4. The molecular weight excluding hydrogens is 532 g/mol. The quantitative estimate of drug-likeness (QED) is 0.218. The van der Waals surface area contributed by atoms with Crippen molar-refractivity contribution in [3.8, 4) is 11.5 Å². The van der Waals surface area contributed by atoms with Crippen molar-refractivity contribution >= 4 is 11.5 Å². The number of hydrogen-bond acceptors (Lipinski definition) is 3. The Hall–Kier alpha value is -2.23. The Balaban J connectivity index is 1.33. The van der Waals surface area contributed by atoms with E-state index in [9.17, 15) is 15.0 Å². The predicted octanol–water partition coefficient (Wildman–Crippen LogP) is 9.53. The second kappa shape index (κ2) is 12.6. The Morgan fingerprint density at radius 3 is 2.53 bits per heavy atom. The zero-order valence-electron chi connectivity index (χ0n) is 28.0. The number of carbonyl (C=O) groups is 1. The number of fused-ring (bicyclic) bond motifs is 5. The van der Waals surface area contributed by atoms with Crippen molar-refractivity contribution in [3.05, 3.63) is 41.5 Å². The van der Waals surface area contributed by atoms with E-state index < -0.39 is 5.97 Å². The van der Waals surface area contributed by atoms with Crippen molar-refractivity contribution in [2.75, 3.05) is 7.11 Å². The molecule has 0 aliphatic heterocycles. The minimum absolute atomic E-state index is 0.137. The molecule has 0 bridgehead atoms. The maximum absolute atomic E-state index is 12.2. The lowest BCUT2D eigenvalue weighted by Gasteiger charge is -2.58. The Morgan fingerprint density at radius 2 is 1.86 bits per heavy atom. The van der Waals surface area contributed by atoms with Crippen LogP contribution in [-0.4, -0.2) is 18.2 Å². The third-order valence-corrected chi connectivity index (χ3v) is 13.5. The molecule has 1 aromatic rings. The zero-order chi connectivity index (χ0) is 31.1. The van der Waals surface area contributed by atoms with E-state index in [1.165, 1.54) is 70.6 Å². The average Bonchev–Trinajstić information content (AvgIpc) is 3.33. The van der Waals surface area contributed by atoms with Gasteiger partial charge in [0.2, 0.25) is 0 Å². The third kappa shape index (κ3) is 5.94. The van der Waals surface area contributed by atoms with Gasteiger partial charge in [0, 0.05) is 6.08 Å². The summed E-state index contributed by atoms with van der Waals surface area (Å²) in [5.41, 5.74) is 3.85. The molecule has 9 atom stereocenters. The summed E-state index contributed by atoms with van der Waals surface area (Å²) in [6.45, 7) is 14.9. The van der Waals surface area contributed by atoms with Crippen molar-refractivity contribution in [2.45, 2.75) is 112 Å². The average molecular weight is 590 g/mol. The number of carboxylic acids is 1. The minimum Gasteiger partial charge on any atom is -0.870 e. The lowest BCUT2D eigenvalue weighted by atomic mass is 9.46. The molecule has 0 amide bonds. The zero-order valence-corrected chi connectivity index (χ0v) is 28.0. The molecule has 4 aliphatic rings. The molecule has 0 radical (unpaired) electrons. The van der Waals surface area contributed by atoms with Crippen LogP contribution in [0.25, 0.3) is 5.57 Å². The van der Waals surface area contributed by atoms with Crippen LogP contribution in [-0.2, 0) is 4.79 Å². The van der Waals surface area contributed by atoms with E-state index >= 15 is 0 Å². The summed E-state index contributed by atoms with van der Waals surface area (Å²) in [5, 5.41) is 22.0. The Bertz CT molecular complexity index is 1230. The van der Waals surface area contributed by atoms with Gasteiger partial charge in [0.15, 0.2) is 0 Å². The van der Waals surface area contributed by atoms with E-state index in [-0.39, 0.29) is 22.8 Å². The highest BCUT2D eigenvalue weighted by molar-refractivity contribution is 5.91. The molecule has 43 heavy (non-hydrogen) atoms. The summed E-state index contributed by atoms with van der Waals surface area (Å²) in [6.07, 6.45) is 17.7. The molecule has 0 aromatic heterocycles. The molecule has 4 aliphatic carbocycles. The fourth-order valence-electron chi connectivity index (χ4n) is 11.0. The van der Waals surface area contributed by atoms with E-state index in [0.717, 1.165) is 71.8 Å². The highest BCUT2D eigenvalue weighted by Gasteiger charge is 2.59. The molecule has 3 fully saturated rings. The molecule has 238 valence electrons. The summed E-state index contributed by atoms with van der Waals surface area (Å²) < 4.78 is 5.29. The normalized spacial score (nSPS) is 35.4. The van der Waals surface area contributed by atoms with Gasteiger partial charge in [-0.25, -0.2) is 4.79 Å². The molecule has 0 saturated heterocycles. The molecule has 0 unspecified atom stereocenters. The van der Waals surface area contributed by atoms with E-state index in [1.807, 2.05) is 0 Å². The van der Waals surface area contributed by atoms with E-state index in [2.05, 4.69) is 47.6 Å². The van der Waals surface area contributed by atoms with Gasteiger partial charge in [-0.2, -0.15) is 0 Å². The molecule has 3 saturated carbocycles. The Labute approximate surface area is 261 Å². The van der Waals surface area contributed by atoms with Gasteiger partial charge in [0.25, 0.3) is 0 Å². The largest absolute Gasteiger partial charge is 0.870 e. The Kier molecular flexibility index (Phi) is 9.46. The summed E-state index contributed by atoms with van der Waals surface area (Å²) >= 11 is 0. The van der Waals surface area contributed by atoms with E-state index in [1.54, 1.807) is 17.7 Å². The van der Waals surface area contributed by atoms with Crippen LogP contribution in [0.3, 0.4) is 0 Å². The summed E-state index contributed by atoms with van der Waals surface area (Å²) in [4.78, 5) is 11.9. The second-order valence-corrected chi connectivity index (χ2v) is 15.7. The van der Waals surface area contributed by atoms with Crippen molar-refractivity contribution in [3.63, 3.8) is 0 Å². The molecule has 0 heterocycles. The van der Waals surface area contributed by atoms with E-state index in [0.29, 0.717) is 5.41 Å². The maximum Gasteiger partial charge on any atom is 0.328 e. The Morgan fingerprint density at radius 1 is 1.09 bits per heavy atom. The molecular formula is C39H57O4-. The number of aliphatic carboxylic acids is 1. The maximum atomic E-state index is 12.2. The van der Waals surface area contributed by atoms with Crippen LogP contribution in [0.2, 0.25) is 0 Å². The SMILES string of the molecule is CC[C@@H](CC[C@@H](C)[C@H]1CC[C@H]2[C@@H]3CC=C4C[C@@H](/C(=C\C(=O)O)c5ccc([O-])c(OC)c5)CC[C@]4(C)[C@H]3CC[C@]12C)C(C)C. The number of allylic oxidation sites excluding steroid dienone is 3. The fourth-order valence-corrected chi connectivity index (χ4v) is 11.0. The van der Waals surface area contributed by atoms with Gasteiger partial charge in [-0.15, -0.1) is 0 Å². The first kappa shape index (κ1) is 32.2. The number of methoxy groups -OCH3 is 1. The highest BCUT2D eigenvalue weighted by atomic mass is 16.5. The van der Waals surface area contributed by atoms with Crippen molar-refractivity contribution in [1.82, 2.24) is 0 Å². The van der Waals surface area contributed by atoms with Gasteiger partial charge >= 0.3 is 5.97 Å². The molecule has 1 N–H and O–H groups in total. The van der Waals surface area contributed by atoms with Gasteiger partial charge < -0.3 is 14.9 Å². The number of benzene rings is 1. The second-order valence-electron chi connectivity index (χ2n) is 15.7. The first-order chi connectivity index (χ1) is 20.4. The van der Waals surface area contributed by atoms with Gasteiger partial charge in [-0.3, -0.25) is 0 Å². The van der Waals surface area contributed by atoms with Crippen molar-refractivity contribution < 1.29 is 19.7 Å². The first-order valence-corrected chi connectivity index (χ1v) is 17.4. The lowest BCUT2D eigenvalue weighted by molar-refractivity contribution is -0.270. The lowest BCUT2D eigenvalue weighted by Crippen LogP contribution is -2.50. The molecule has 4 nitrogen and oxygen atoms in total. The van der Waals surface area contributed by atoms with Crippen molar-refractivity contribution in [1.29, 1.82) is 0 Å². The van der Waals surface area contributed by atoms with Crippen LogP contribution < -0.4 is 9.84 Å². The summed E-state index contributed by atoms with van der Waals surface area (Å²) in [5.74, 6) is 4.97. The van der Waals surface area contributed by atoms with Crippen molar-refractivity contribution in [2.24, 2.45) is 58.2 Å². The number of ether oxygens (including phenoxy) is 1.